The number of benzene rings is 1. The van der Waals surface area contributed by atoms with Crippen molar-refractivity contribution in [2.75, 3.05) is 0 Å². The van der Waals surface area contributed by atoms with Gasteiger partial charge >= 0.3 is 0 Å². The zero-order chi connectivity index (χ0) is 14.0. The highest BCUT2D eigenvalue weighted by molar-refractivity contribution is 6.30. The molecule has 5 heteroatoms. The number of aryl methyl sites for hydroxylation is 1. The molecule has 0 bridgehead atoms. The van der Waals surface area contributed by atoms with Crippen LogP contribution in [0, 0.1) is 6.92 Å². The van der Waals surface area contributed by atoms with Crippen molar-refractivity contribution in [3.8, 4) is 0 Å². The molecular weight excluding hydrogens is 264 g/mol. The van der Waals surface area contributed by atoms with E-state index in [-0.39, 0.29) is 11.1 Å². The Morgan fingerprint density at radius 3 is 2.53 bits per heavy atom. The second kappa shape index (κ2) is 5.36. The molecule has 2 rings (SSSR count). The molecule has 0 saturated heterocycles. The van der Waals surface area contributed by atoms with Gasteiger partial charge in [-0.2, -0.15) is 5.10 Å². The Kier molecular flexibility index (Phi) is 3.81. The summed E-state index contributed by atoms with van der Waals surface area (Å²) in [5, 5.41) is 7.19. The zero-order valence-corrected chi connectivity index (χ0v) is 11.4. The molecule has 0 unspecified atom stereocenters. The van der Waals surface area contributed by atoms with E-state index in [4.69, 9.17) is 11.6 Å². The van der Waals surface area contributed by atoms with Gasteiger partial charge in [0.05, 0.1) is 0 Å². The van der Waals surface area contributed by atoms with E-state index >= 15 is 0 Å². The third-order valence-corrected chi connectivity index (χ3v) is 3.24. The molecule has 0 aliphatic rings. The van der Waals surface area contributed by atoms with Crippen LogP contribution in [0.25, 0.3) is 0 Å². The van der Waals surface area contributed by atoms with E-state index in [0.29, 0.717) is 22.6 Å². The van der Waals surface area contributed by atoms with Gasteiger partial charge in [0, 0.05) is 21.8 Å². The summed E-state index contributed by atoms with van der Waals surface area (Å²) in [5.74, 6) is -0.399. The van der Waals surface area contributed by atoms with Crippen molar-refractivity contribution in [1.29, 1.82) is 0 Å². The molecule has 1 aromatic heterocycles. The number of ketones is 1. The predicted molar refractivity (Wildman–Crippen MR) is 73.9 cm³/mol. The van der Waals surface area contributed by atoms with Gasteiger partial charge in [-0.25, -0.2) is 0 Å². The third kappa shape index (κ3) is 2.58. The molecule has 0 aliphatic carbocycles. The van der Waals surface area contributed by atoms with Gasteiger partial charge in [-0.3, -0.25) is 14.7 Å². The van der Waals surface area contributed by atoms with Crippen LogP contribution in [0.2, 0.25) is 5.02 Å². The summed E-state index contributed by atoms with van der Waals surface area (Å²) in [6, 6.07) is 6.37. The van der Waals surface area contributed by atoms with Crippen LogP contribution in [-0.2, 0) is 6.42 Å². The summed E-state index contributed by atoms with van der Waals surface area (Å²) in [6.45, 7) is 3.61. The fourth-order valence-electron chi connectivity index (χ4n) is 1.81. The maximum absolute atomic E-state index is 12.2. The molecule has 0 amide bonds. The Balaban J connectivity index is 2.48. The molecule has 0 atom stereocenters. The maximum Gasteiger partial charge on any atom is 0.217 e. The lowest BCUT2D eigenvalue weighted by Crippen LogP contribution is -2.23. The molecule has 19 heavy (non-hydrogen) atoms. The average Bonchev–Trinajstić information content (AvgIpc) is 2.42. The Bertz CT molecular complexity index is 675. The summed E-state index contributed by atoms with van der Waals surface area (Å²) in [4.78, 5) is 24.3. The van der Waals surface area contributed by atoms with Gasteiger partial charge in [-0.15, -0.1) is 0 Å². The van der Waals surface area contributed by atoms with Crippen LogP contribution in [0.1, 0.15) is 34.2 Å². The normalized spacial score (nSPS) is 10.5. The lowest BCUT2D eigenvalue weighted by molar-refractivity contribution is 0.103. The van der Waals surface area contributed by atoms with Crippen LogP contribution in [0.15, 0.2) is 29.1 Å². The van der Waals surface area contributed by atoms with Crippen LogP contribution in [0.4, 0.5) is 0 Å². The number of carbonyl (C=O) groups excluding carboxylic acids is 1. The van der Waals surface area contributed by atoms with Crippen LogP contribution in [0.3, 0.4) is 0 Å². The third-order valence-electron chi connectivity index (χ3n) is 2.99. The van der Waals surface area contributed by atoms with E-state index in [2.05, 4.69) is 10.2 Å². The van der Waals surface area contributed by atoms with Gasteiger partial charge in [-0.05, 0) is 37.6 Å². The first kappa shape index (κ1) is 13.5. The van der Waals surface area contributed by atoms with Gasteiger partial charge < -0.3 is 0 Å². The quantitative estimate of drug-likeness (QED) is 0.876. The summed E-state index contributed by atoms with van der Waals surface area (Å²) in [6.07, 6.45) is 0.670. The summed E-state index contributed by atoms with van der Waals surface area (Å²) in [7, 11) is 0. The number of rotatable bonds is 3. The van der Waals surface area contributed by atoms with Crippen LogP contribution in [-0.4, -0.2) is 16.0 Å². The Labute approximate surface area is 115 Å². The fraction of sp³-hybridized carbons (Fsp3) is 0.214. The zero-order valence-electron chi connectivity index (χ0n) is 10.7. The molecule has 0 aliphatic heterocycles. The Hall–Kier alpha value is -1.94. The summed E-state index contributed by atoms with van der Waals surface area (Å²) < 4.78 is 0. The summed E-state index contributed by atoms with van der Waals surface area (Å²) in [5.41, 5.74) is 1.27. The molecule has 2 aromatic rings. The summed E-state index contributed by atoms with van der Waals surface area (Å²) >= 11 is 5.76. The topological polar surface area (TPSA) is 62.8 Å². The van der Waals surface area contributed by atoms with Crippen molar-refractivity contribution in [2.45, 2.75) is 20.3 Å². The largest absolute Gasteiger partial charge is 0.287 e. The fourth-order valence-corrected chi connectivity index (χ4v) is 1.93. The van der Waals surface area contributed by atoms with Crippen molar-refractivity contribution >= 4 is 17.4 Å². The predicted octanol–water partition coefficient (Wildman–Crippen LogP) is 2.53. The number of nitrogens with zero attached hydrogens (tertiary/aromatic N) is 1. The molecule has 0 radical (unpaired) electrons. The molecular formula is C14H13ClN2O2. The Morgan fingerprint density at radius 1 is 1.32 bits per heavy atom. The Morgan fingerprint density at radius 2 is 1.95 bits per heavy atom. The second-order valence-corrected chi connectivity index (χ2v) is 4.63. The first-order valence-corrected chi connectivity index (χ1v) is 6.30. The number of hydrogen-bond acceptors (Lipinski definition) is 3. The molecule has 1 N–H and O–H groups in total. The number of nitrogens with one attached hydrogen (secondary N) is 1. The molecule has 1 heterocycles. The first-order valence-electron chi connectivity index (χ1n) is 5.93. The highest BCUT2D eigenvalue weighted by Crippen LogP contribution is 2.12. The van der Waals surface area contributed by atoms with Crippen molar-refractivity contribution in [3.05, 3.63) is 62.0 Å². The number of carbonyl (C=O) groups is 1. The van der Waals surface area contributed by atoms with Gasteiger partial charge in [0.25, 0.3) is 0 Å². The van der Waals surface area contributed by atoms with E-state index in [1.54, 1.807) is 31.2 Å². The number of halogens is 1. The van der Waals surface area contributed by atoms with Gasteiger partial charge in [-0.1, -0.05) is 18.5 Å². The van der Waals surface area contributed by atoms with Crippen molar-refractivity contribution in [2.24, 2.45) is 0 Å². The smallest absolute Gasteiger partial charge is 0.217 e. The first-order chi connectivity index (χ1) is 9.04. The van der Waals surface area contributed by atoms with Crippen molar-refractivity contribution in [1.82, 2.24) is 10.2 Å². The van der Waals surface area contributed by atoms with E-state index in [9.17, 15) is 9.59 Å². The molecule has 0 saturated carbocycles. The minimum absolute atomic E-state index is 0.0861. The van der Waals surface area contributed by atoms with E-state index in [1.807, 2.05) is 6.92 Å². The molecule has 0 fully saturated rings. The van der Waals surface area contributed by atoms with Gasteiger partial charge in [0.1, 0.15) is 0 Å². The maximum atomic E-state index is 12.2. The number of aromatic amines is 1. The second-order valence-electron chi connectivity index (χ2n) is 4.19. The van der Waals surface area contributed by atoms with Gasteiger partial charge in [0.2, 0.25) is 11.2 Å². The number of hydrogen-bond donors (Lipinski definition) is 1. The standard InChI is InChI=1S/C14H13ClN2O2/c1-3-11-8(2)13(18)12(17-16-11)14(19)9-4-6-10(15)7-5-9/h4-7H,3H2,1-2H3,(H,16,18). The minimum atomic E-state index is -0.399. The van der Waals surface area contributed by atoms with Crippen molar-refractivity contribution < 1.29 is 4.79 Å². The van der Waals surface area contributed by atoms with Crippen LogP contribution >= 0.6 is 11.6 Å². The lowest BCUT2D eigenvalue weighted by Gasteiger charge is -2.05. The minimum Gasteiger partial charge on any atom is -0.287 e. The van der Waals surface area contributed by atoms with E-state index < -0.39 is 5.78 Å². The van der Waals surface area contributed by atoms with E-state index in [0.717, 1.165) is 5.69 Å². The molecule has 98 valence electrons. The monoisotopic (exact) mass is 276 g/mol. The van der Waals surface area contributed by atoms with E-state index in [1.165, 1.54) is 0 Å². The lowest BCUT2D eigenvalue weighted by atomic mass is 10.1. The number of aromatic nitrogens is 2. The molecule has 4 nitrogen and oxygen atoms in total. The highest BCUT2D eigenvalue weighted by Gasteiger charge is 2.17. The molecule has 1 aromatic carbocycles. The number of H-pyrrole nitrogens is 1. The highest BCUT2D eigenvalue weighted by atomic mass is 35.5. The average molecular weight is 277 g/mol. The molecule has 0 spiro atoms. The van der Waals surface area contributed by atoms with Gasteiger partial charge in [0.15, 0.2) is 5.69 Å². The van der Waals surface area contributed by atoms with Crippen LogP contribution < -0.4 is 5.43 Å². The SMILES string of the molecule is CCc1[nH]nc(C(=O)c2ccc(Cl)cc2)c(=O)c1C. The van der Waals surface area contributed by atoms with Crippen molar-refractivity contribution in [3.63, 3.8) is 0 Å². The van der Waals surface area contributed by atoms with Crippen LogP contribution in [0.5, 0.6) is 0 Å².